The van der Waals surface area contributed by atoms with Crippen LogP contribution in [0, 0.1) is 17.0 Å². The SMILES string of the molecule is CC1=C(Nc2ccc(F)cc2)C=C2CCN(SN3CCN(C)CC3)CC2(Cc2ccc(F)cc2)C1. The van der Waals surface area contributed by atoms with E-state index in [1.54, 1.807) is 24.3 Å². The number of hydrogen-bond donors (Lipinski definition) is 1. The van der Waals surface area contributed by atoms with E-state index >= 15 is 0 Å². The summed E-state index contributed by atoms with van der Waals surface area (Å²) < 4.78 is 32.0. The average Bonchev–Trinajstić information content (AvgIpc) is 2.84. The largest absolute Gasteiger partial charge is 0.356 e. The van der Waals surface area contributed by atoms with E-state index in [9.17, 15) is 8.78 Å². The molecule has 7 heteroatoms. The van der Waals surface area contributed by atoms with Gasteiger partial charge in [0.05, 0.1) is 0 Å². The van der Waals surface area contributed by atoms with Crippen LogP contribution in [0.5, 0.6) is 0 Å². The lowest BCUT2D eigenvalue weighted by Crippen LogP contribution is -2.48. The van der Waals surface area contributed by atoms with E-state index in [4.69, 9.17) is 0 Å². The van der Waals surface area contributed by atoms with Gasteiger partial charge >= 0.3 is 0 Å². The number of nitrogens with one attached hydrogen (secondary N) is 1. The van der Waals surface area contributed by atoms with Crippen molar-refractivity contribution >= 4 is 17.8 Å². The molecule has 2 fully saturated rings. The highest BCUT2D eigenvalue weighted by molar-refractivity contribution is 7.94. The molecule has 1 N–H and O–H groups in total. The summed E-state index contributed by atoms with van der Waals surface area (Å²) in [5, 5.41) is 3.52. The van der Waals surface area contributed by atoms with Gasteiger partial charge in [0.25, 0.3) is 0 Å². The number of allylic oxidation sites excluding steroid dienone is 2. The zero-order valence-electron chi connectivity index (χ0n) is 20.6. The molecule has 0 spiro atoms. The molecule has 35 heavy (non-hydrogen) atoms. The van der Waals surface area contributed by atoms with Gasteiger partial charge in [0.1, 0.15) is 11.6 Å². The maximum Gasteiger partial charge on any atom is 0.123 e. The van der Waals surface area contributed by atoms with Crippen molar-refractivity contribution < 1.29 is 8.78 Å². The number of benzene rings is 2. The molecule has 0 amide bonds. The fourth-order valence-electron chi connectivity index (χ4n) is 5.48. The molecule has 0 radical (unpaired) electrons. The van der Waals surface area contributed by atoms with Gasteiger partial charge in [0.15, 0.2) is 0 Å². The van der Waals surface area contributed by atoms with Crippen molar-refractivity contribution in [2.24, 2.45) is 5.41 Å². The van der Waals surface area contributed by atoms with Crippen molar-refractivity contribution in [2.75, 3.05) is 51.6 Å². The van der Waals surface area contributed by atoms with E-state index in [1.807, 2.05) is 24.3 Å². The normalized spacial score (nSPS) is 24.3. The Hall–Kier alpha value is -2.19. The fraction of sp³-hybridized carbons (Fsp3) is 0.429. The van der Waals surface area contributed by atoms with Crippen LogP contribution in [0.1, 0.15) is 25.3 Å². The van der Waals surface area contributed by atoms with Crippen molar-refractivity contribution in [3.8, 4) is 0 Å². The third kappa shape index (κ3) is 5.80. The Bertz CT molecular complexity index is 1090. The van der Waals surface area contributed by atoms with Crippen LogP contribution in [0.2, 0.25) is 0 Å². The highest BCUT2D eigenvalue weighted by Gasteiger charge is 2.42. The summed E-state index contributed by atoms with van der Waals surface area (Å²) in [6.07, 6.45) is 5.16. The van der Waals surface area contributed by atoms with Crippen LogP contribution in [0.25, 0.3) is 0 Å². The number of piperidine rings is 1. The zero-order chi connectivity index (χ0) is 24.4. The van der Waals surface area contributed by atoms with E-state index < -0.39 is 0 Å². The lowest BCUT2D eigenvalue weighted by Gasteiger charge is -2.48. The van der Waals surface area contributed by atoms with Crippen molar-refractivity contribution in [1.82, 2.24) is 13.5 Å². The topological polar surface area (TPSA) is 21.8 Å². The molecule has 5 rings (SSSR count). The van der Waals surface area contributed by atoms with Gasteiger partial charge in [-0.2, -0.15) is 0 Å². The van der Waals surface area contributed by atoms with Crippen LogP contribution in [0.3, 0.4) is 0 Å². The fourth-order valence-corrected chi connectivity index (χ4v) is 6.61. The van der Waals surface area contributed by atoms with Crippen LogP contribution < -0.4 is 5.32 Å². The number of halogens is 2. The second-order valence-corrected chi connectivity index (χ2v) is 11.4. The lowest BCUT2D eigenvalue weighted by molar-refractivity contribution is 0.199. The van der Waals surface area contributed by atoms with Crippen molar-refractivity contribution in [2.45, 2.75) is 26.2 Å². The lowest BCUT2D eigenvalue weighted by atomic mass is 9.65. The van der Waals surface area contributed by atoms with Crippen molar-refractivity contribution in [3.05, 3.63) is 88.6 Å². The molecule has 0 saturated carbocycles. The summed E-state index contributed by atoms with van der Waals surface area (Å²) in [5.41, 5.74) is 5.91. The summed E-state index contributed by atoms with van der Waals surface area (Å²) in [6, 6.07) is 13.5. The molecular weight excluding hydrogens is 462 g/mol. The van der Waals surface area contributed by atoms with Crippen LogP contribution in [-0.4, -0.2) is 59.8 Å². The highest BCUT2D eigenvalue weighted by Crippen LogP contribution is 2.48. The predicted octanol–water partition coefficient (Wildman–Crippen LogP) is 5.73. The quantitative estimate of drug-likeness (QED) is 0.515. The minimum Gasteiger partial charge on any atom is -0.356 e. The molecule has 1 atom stereocenters. The van der Waals surface area contributed by atoms with Gasteiger partial charge in [0, 0.05) is 68.2 Å². The smallest absolute Gasteiger partial charge is 0.123 e. The number of piperazine rings is 1. The van der Waals surface area contributed by atoms with Gasteiger partial charge in [-0.1, -0.05) is 17.7 Å². The highest BCUT2D eigenvalue weighted by atomic mass is 32.2. The van der Waals surface area contributed by atoms with Crippen LogP contribution in [0.4, 0.5) is 14.5 Å². The third-order valence-electron chi connectivity index (χ3n) is 7.44. The number of fused-ring (bicyclic) bond motifs is 1. The molecule has 2 saturated heterocycles. The minimum absolute atomic E-state index is 0.0201. The van der Waals surface area contributed by atoms with Gasteiger partial charge in [-0.25, -0.2) is 17.4 Å². The third-order valence-corrected chi connectivity index (χ3v) is 8.58. The minimum atomic E-state index is -0.230. The van der Waals surface area contributed by atoms with Crippen LogP contribution in [0.15, 0.2) is 71.5 Å². The Morgan fingerprint density at radius 1 is 0.886 bits per heavy atom. The molecule has 186 valence electrons. The van der Waals surface area contributed by atoms with Gasteiger partial charge in [-0.15, -0.1) is 0 Å². The van der Waals surface area contributed by atoms with E-state index in [1.165, 1.54) is 28.8 Å². The van der Waals surface area contributed by atoms with Crippen LogP contribution in [-0.2, 0) is 6.42 Å². The molecule has 1 unspecified atom stereocenters. The van der Waals surface area contributed by atoms with E-state index in [0.717, 1.165) is 69.9 Å². The molecule has 2 aliphatic heterocycles. The molecule has 1 aliphatic carbocycles. The van der Waals surface area contributed by atoms with Crippen molar-refractivity contribution in [1.29, 1.82) is 0 Å². The molecule has 3 aliphatic rings. The second-order valence-electron chi connectivity index (χ2n) is 10.2. The second kappa shape index (κ2) is 10.4. The maximum absolute atomic E-state index is 13.6. The average molecular weight is 497 g/mol. The van der Waals surface area contributed by atoms with Gasteiger partial charge < -0.3 is 10.2 Å². The van der Waals surface area contributed by atoms with Crippen LogP contribution >= 0.6 is 12.1 Å². The number of anilines is 1. The number of rotatable bonds is 6. The summed E-state index contributed by atoms with van der Waals surface area (Å²) in [5.74, 6) is -0.421. The predicted molar refractivity (Wildman–Crippen MR) is 141 cm³/mol. The molecule has 0 bridgehead atoms. The molecule has 2 heterocycles. The maximum atomic E-state index is 13.6. The van der Waals surface area contributed by atoms with Crippen molar-refractivity contribution in [3.63, 3.8) is 0 Å². The van der Waals surface area contributed by atoms with E-state index in [-0.39, 0.29) is 17.0 Å². The summed E-state index contributed by atoms with van der Waals surface area (Å²) in [4.78, 5) is 2.38. The molecule has 4 nitrogen and oxygen atoms in total. The van der Waals surface area contributed by atoms with Gasteiger partial charge in [-0.05, 0) is 86.8 Å². The first-order chi connectivity index (χ1) is 16.9. The summed E-state index contributed by atoms with van der Waals surface area (Å²) in [6.45, 7) is 8.54. The first-order valence-corrected chi connectivity index (χ1v) is 13.2. The first-order valence-electron chi connectivity index (χ1n) is 12.4. The van der Waals surface area contributed by atoms with Gasteiger partial charge in [-0.3, -0.25) is 0 Å². The van der Waals surface area contributed by atoms with Gasteiger partial charge in [0.2, 0.25) is 0 Å². The van der Waals surface area contributed by atoms with E-state index in [2.05, 4.69) is 38.9 Å². The monoisotopic (exact) mass is 496 g/mol. The Labute approximate surface area is 211 Å². The van der Waals surface area contributed by atoms with E-state index in [0.29, 0.717) is 0 Å². The Balaban J connectivity index is 1.38. The number of likely N-dealkylation sites (N-methyl/N-ethyl adjacent to an activating group) is 1. The Kier molecular flexibility index (Phi) is 7.30. The summed E-state index contributed by atoms with van der Waals surface area (Å²) >= 11 is 1.90. The molecule has 0 aromatic heterocycles. The number of hydrogen-bond acceptors (Lipinski definition) is 5. The summed E-state index contributed by atoms with van der Waals surface area (Å²) in [7, 11) is 2.19. The first kappa shape index (κ1) is 24.5. The Morgan fingerprint density at radius 3 is 2.23 bits per heavy atom. The molecule has 2 aromatic carbocycles. The number of nitrogens with zero attached hydrogens (tertiary/aromatic N) is 3. The molecular formula is C28H34F2N4S. The standard InChI is InChI=1S/C28H34F2N4S/c1-21-18-28(19-22-3-5-24(29)6-4-22)20-34(35-33-15-13-32(2)14-16-33)12-11-23(28)17-27(21)31-26-9-7-25(30)8-10-26/h3-10,17,31H,11-16,18-20H2,1-2H3. The Morgan fingerprint density at radius 2 is 1.54 bits per heavy atom. The zero-order valence-corrected chi connectivity index (χ0v) is 21.4. The molecule has 2 aromatic rings.